The van der Waals surface area contributed by atoms with Crippen LogP contribution >= 0.6 is 0 Å². The molecular formula is C11H17NO. The molecular weight excluding hydrogens is 162 g/mol. The predicted octanol–water partition coefficient (Wildman–Crippen LogP) is 1.95. The van der Waals surface area contributed by atoms with E-state index < -0.39 is 0 Å². The van der Waals surface area contributed by atoms with Crippen LogP contribution in [0.15, 0.2) is 18.2 Å². The van der Waals surface area contributed by atoms with Crippen LogP contribution in [0.3, 0.4) is 0 Å². The molecule has 0 unspecified atom stereocenters. The standard InChI is InChI=1S/C11H17NO/c1-8-5-4-6-10(9(8)2)11(12)7-13-3/h4-6,11H,7,12H2,1-3H3/t11-/m0/s1. The van der Waals surface area contributed by atoms with Crippen molar-refractivity contribution in [3.05, 3.63) is 34.9 Å². The summed E-state index contributed by atoms with van der Waals surface area (Å²) < 4.78 is 5.03. The molecule has 0 aliphatic rings. The van der Waals surface area contributed by atoms with Crippen LogP contribution in [0, 0.1) is 13.8 Å². The Balaban J connectivity index is 2.93. The van der Waals surface area contributed by atoms with Gasteiger partial charge in [0, 0.05) is 7.11 Å². The Morgan fingerprint density at radius 3 is 2.69 bits per heavy atom. The summed E-state index contributed by atoms with van der Waals surface area (Å²) in [6, 6.07) is 6.18. The molecule has 0 fully saturated rings. The van der Waals surface area contributed by atoms with Crippen molar-refractivity contribution in [1.82, 2.24) is 0 Å². The number of benzene rings is 1. The van der Waals surface area contributed by atoms with Crippen LogP contribution in [-0.4, -0.2) is 13.7 Å². The molecule has 0 spiro atoms. The Kier molecular flexibility index (Phi) is 3.46. The van der Waals surface area contributed by atoms with Crippen LogP contribution in [0.2, 0.25) is 0 Å². The minimum absolute atomic E-state index is 0.00935. The zero-order valence-electron chi connectivity index (χ0n) is 8.50. The van der Waals surface area contributed by atoms with Gasteiger partial charge in [-0.15, -0.1) is 0 Å². The highest BCUT2D eigenvalue weighted by molar-refractivity contribution is 5.35. The van der Waals surface area contributed by atoms with E-state index in [1.54, 1.807) is 7.11 Å². The maximum Gasteiger partial charge on any atom is 0.0655 e. The summed E-state index contributed by atoms with van der Waals surface area (Å²) >= 11 is 0. The SMILES string of the molecule is COC[C@H](N)c1cccc(C)c1C. The predicted molar refractivity (Wildman–Crippen MR) is 54.7 cm³/mol. The fourth-order valence-corrected chi connectivity index (χ4v) is 1.44. The molecule has 72 valence electrons. The third kappa shape index (κ3) is 2.29. The van der Waals surface area contributed by atoms with Crippen molar-refractivity contribution in [1.29, 1.82) is 0 Å². The molecule has 1 aromatic rings. The number of ether oxygens (including phenoxy) is 1. The first kappa shape index (κ1) is 10.2. The number of nitrogens with two attached hydrogens (primary N) is 1. The molecule has 0 saturated heterocycles. The van der Waals surface area contributed by atoms with E-state index in [0.717, 1.165) is 0 Å². The molecule has 1 atom stereocenters. The maximum atomic E-state index is 5.95. The third-order valence-corrected chi connectivity index (χ3v) is 2.39. The lowest BCUT2D eigenvalue weighted by Gasteiger charge is -2.14. The summed E-state index contributed by atoms with van der Waals surface area (Å²) in [5.74, 6) is 0. The molecule has 0 aromatic heterocycles. The van der Waals surface area contributed by atoms with E-state index in [0.29, 0.717) is 6.61 Å². The van der Waals surface area contributed by atoms with E-state index >= 15 is 0 Å². The van der Waals surface area contributed by atoms with Gasteiger partial charge >= 0.3 is 0 Å². The zero-order chi connectivity index (χ0) is 9.84. The van der Waals surface area contributed by atoms with Gasteiger partial charge in [-0.25, -0.2) is 0 Å². The van der Waals surface area contributed by atoms with Crippen LogP contribution in [-0.2, 0) is 4.74 Å². The van der Waals surface area contributed by atoms with Crippen molar-refractivity contribution in [2.45, 2.75) is 19.9 Å². The van der Waals surface area contributed by atoms with Crippen molar-refractivity contribution >= 4 is 0 Å². The fourth-order valence-electron chi connectivity index (χ4n) is 1.44. The summed E-state index contributed by atoms with van der Waals surface area (Å²) in [6.07, 6.45) is 0. The highest BCUT2D eigenvalue weighted by atomic mass is 16.5. The molecule has 0 radical (unpaired) electrons. The largest absolute Gasteiger partial charge is 0.383 e. The first-order valence-electron chi connectivity index (χ1n) is 4.47. The van der Waals surface area contributed by atoms with Gasteiger partial charge in [0.1, 0.15) is 0 Å². The average Bonchev–Trinajstić information content (AvgIpc) is 2.10. The fraction of sp³-hybridized carbons (Fsp3) is 0.455. The normalized spacial score (nSPS) is 12.9. The van der Waals surface area contributed by atoms with Gasteiger partial charge in [0.25, 0.3) is 0 Å². The smallest absolute Gasteiger partial charge is 0.0655 e. The molecule has 0 heterocycles. The molecule has 0 aliphatic carbocycles. The van der Waals surface area contributed by atoms with Gasteiger partial charge in [-0.05, 0) is 30.5 Å². The van der Waals surface area contributed by atoms with Crippen LogP contribution < -0.4 is 5.73 Å². The number of methoxy groups -OCH3 is 1. The van der Waals surface area contributed by atoms with Gasteiger partial charge in [0.05, 0.1) is 12.6 Å². The lowest BCUT2D eigenvalue weighted by Crippen LogP contribution is -2.17. The van der Waals surface area contributed by atoms with Crippen LogP contribution in [0.1, 0.15) is 22.7 Å². The Morgan fingerprint density at radius 2 is 2.08 bits per heavy atom. The summed E-state index contributed by atoms with van der Waals surface area (Å²) in [5, 5.41) is 0. The molecule has 2 heteroatoms. The lowest BCUT2D eigenvalue weighted by atomic mass is 9.98. The molecule has 13 heavy (non-hydrogen) atoms. The van der Waals surface area contributed by atoms with Gasteiger partial charge in [0.15, 0.2) is 0 Å². The van der Waals surface area contributed by atoms with Crippen LogP contribution in [0.4, 0.5) is 0 Å². The number of hydrogen-bond donors (Lipinski definition) is 1. The van der Waals surface area contributed by atoms with E-state index in [9.17, 15) is 0 Å². The Labute approximate surface area is 79.7 Å². The summed E-state index contributed by atoms with van der Waals surface area (Å²) in [7, 11) is 1.67. The van der Waals surface area contributed by atoms with Crippen LogP contribution in [0.25, 0.3) is 0 Å². The van der Waals surface area contributed by atoms with Gasteiger partial charge in [0.2, 0.25) is 0 Å². The van der Waals surface area contributed by atoms with E-state index in [1.807, 2.05) is 6.07 Å². The minimum Gasteiger partial charge on any atom is -0.383 e. The number of rotatable bonds is 3. The first-order chi connectivity index (χ1) is 6.16. The van der Waals surface area contributed by atoms with Crippen molar-refractivity contribution in [2.75, 3.05) is 13.7 Å². The second-order valence-corrected chi connectivity index (χ2v) is 3.35. The van der Waals surface area contributed by atoms with Crippen molar-refractivity contribution in [3.63, 3.8) is 0 Å². The second kappa shape index (κ2) is 4.40. The monoisotopic (exact) mass is 179 g/mol. The molecule has 0 saturated carbocycles. The van der Waals surface area contributed by atoms with Crippen molar-refractivity contribution in [3.8, 4) is 0 Å². The Morgan fingerprint density at radius 1 is 1.38 bits per heavy atom. The van der Waals surface area contributed by atoms with Gasteiger partial charge < -0.3 is 10.5 Å². The second-order valence-electron chi connectivity index (χ2n) is 3.35. The third-order valence-electron chi connectivity index (χ3n) is 2.39. The first-order valence-corrected chi connectivity index (χ1v) is 4.47. The lowest BCUT2D eigenvalue weighted by molar-refractivity contribution is 0.180. The van der Waals surface area contributed by atoms with E-state index in [-0.39, 0.29) is 6.04 Å². The average molecular weight is 179 g/mol. The quantitative estimate of drug-likeness (QED) is 0.769. The summed E-state index contributed by atoms with van der Waals surface area (Å²) in [6.45, 7) is 4.77. The van der Waals surface area contributed by atoms with E-state index in [1.165, 1.54) is 16.7 Å². The van der Waals surface area contributed by atoms with Crippen LogP contribution in [0.5, 0.6) is 0 Å². The molecule has 2 N–H and O–H groups in total. The highest BCUT2D eigenvalue weighted by Crippen LogP contribution is 2.18. The molecule has 0 aliphatic heterocycles. The number of aryl methyl sites for hydroxylation is 1. The van der Waals surface area contributed by atoms with Crippen molar-refractivity contribution < 1.29 is 4.74 Å². The Bertz CT molecular complexity index is 283. The molecule has 1 aromatic carbocycles. The minimum atomic E-state index is -0.00935. The van der Waals surface area contributed by atoms with E-state index in [2.05, 4.69) is 26.0 Å². The van der Waals surface area contributed by atoms with E-state index in [4.69, 9.17) is 10.5 Å². The number of hydrogen-bond acceptors (Lipinski definition) is 2. The highest BCUT2D eigenvalue weighted by Gasteiger charge is 2.08. The molecule has 0 amide bonds. The molecule has 1 rings (SSSR count). The van der Waals surface area contributed by atoms with Crippen molar-refractivity contribution in [2.24, 2.45) is 5.73 Å². The maximum absolute atomic E-state index is 5.95. The molecule has 0 bridgehead atoms. The molecule has 2 nitrogen and oxygen atoms in total. The Hall–Kier alpha value is -0.860. The van der Waals surface area contributed by atoms with Gasteiger partial charge in [-0.2, -0.15) is 0 Å². The van der Waals surface area contributed by atoms with Gasteiger partial charge in [-0.1, -0.05) is 18.2 Å². The topological polar surface area (TPSA) is 35.2 Å². The van der Waals surface area contributed by atoms with Gasteiger partial charge in [-0.3, -0.25) is 0 Å². The summed E-state index contributed by atoms with van der Waals surface area (Å²) in [4.78, 5) is 0. The summed E-state index contributed by atoms with van der Waals surface area (Å²) in [5.41, 5.74) is 9.68. The zero-order valence-corrected chi connectivity index (χ0v) is 8.50.